The minimum atomic E-state index is -3.65. The maximum atomic E-state index is 12.8. The number of amides is 3. The first-order valence-corrected chi connectivity index (χ1v) is 10.1. The zero-order valence-corrected chi connectivity index (χ0v) is 16.5. The maximum Gasteiger partial charge on any atom is 0.312 e. The fourth-order valence-corrected chi connectivity index (χ4v) is 4.33. The van der Waals surface area contributed by atoms with Crippen LogP contribution in [0.4, 0.5) is 10.5 Å². The number of anilines is 1. The Hall–Kier alpha value is -2.13. The van der Waals surface area contributed by atoms with Crippen LogP contribution in [0.1, 0.15) is 39.2 Å². The molecule has 0 aromatic heterocycles. The van der Waals surface area contributed by atoms with Crippen LogP contribution in [0.5, 0.6) is 0 Å². The fraction of sp³-hybridized carbons (Fsp3) is 0.529. The van der Waals surface area contributed by atoms with Crippen LogP contribution in [0.2, 0.25) is 0 Å². The Balaban J connectivity index is 3.13. The molecule has 146 valence electrons. The van der Waals surface area contributed by atoms with Crippen molar-refractivity contribution in [3.63, 3.8) is 0 Å². The van der Waals surface area contributed by atoms with Crippen LogP contribution >= 0.6 is 0 Å². The summed E-state index contributed by atoms with van der Waals surface area (Å²) < 4.78 is 26.9. The number of aryl methyl sites for hydroxylation is 1. The minimum Gasteiger partial charge on any atom is -0.352 e. The van der Waals surface area contributed by atoms with Crippen molar-refractivity contribution in [1.82, 2.24) is 9.62 Å². The Morgan fingerprint density at radius 2 is 1.81 bits per heavy atom. The zero-order valence-electron chi connectivity index (χ0n) is 15.7. The number of urea groups is 1. The van der Waals surface area contributed by atoms with E-state index in [1.807, 2.05) is 6.92 Å². The van der Waals surface area contributed by atoms with E-state index in [4.69, 9.17) is 5.73 Å². The minimum absolute atomic E-state index is 0.147. The lowest BCUT2D eigenvalue weighted by Gasteiger charge is -2.21. The molecule has 1 atom stereocenters. The number of rotatable bonds is 9. The summed E-state index contributed by atoms with van der Waals surface area (Å²) in [5.74, 6) is -0.444. The second-order valence-electron chi connectivity index (χ2n) is 5.91. The van der Waals surface area contributed by atoms with Gasteiger partial charge in [-0.25, -0.2) is 13.2 Å². The highest BCUT2D eigenvalue weighted by Crippen LogP contribution is 2.23. The topological polar surface area (TPSA) is 122 Å². The Labute approximate surface area is 155 Å². The van der Waals surface area contributed by atoms with Crippen LogP contribution in [0, 0.1) is 6.92 Å². The maximum absolute atomic E-state index is 12.8. The summed E-state index contributed by atoms with van der Waals surface area (Å²) in [6.45, 7) is 7.84. The summed E-state index contributed by atoms with van der Waals surface area (Å²) in [6.07, 6.45) is 1.10. The van der Waals surface area contributed by atoms with Crippen LogP contribution in [-0.2, 0) is 14.8 Å². The van der Waals surface area contributed by atoms with Gasteiger partial charge in [-0.3, -0.25) is 4.79 Å². The molecule has 0 unspecified atom stereocenters. The highest BCUT2D eigenvalue weighted by Gasteiger charge is 2.25. The van der Waals surface area contributed by atoms with Crippen molar-refractivity contribution >= 4 is 27.6 Å². The average Bonchev–Trinajstić information content (AvgIpc) is 2.56. The van der Waals surface area contributed by atoms with E-state index in [1.165, 1.54) is 10.4 Å². The monoisotopic (exact) mass is 384 g/mol. The first-order valence-electron chi connectivity index (χ1n) is 8.64. The predicted octanol–water partition coefficient (Wildman–Crippen LogP) is 1.80. The molecule has 1 rings (SSSR count). The van der Waals surface area contributed by atoms with Gasteiger partial charge in [0.15, 0.2) is 0 Å². The Morgan fingerprint density at radius 3 is 2.31 bits per heavy atom. The number of hydrogen-bond acceptors (Lipinski definition) is 4. The molecule has 0 fully saturated rings. The van der Waals surface area contributed by atoms with E-state index in [2.05, 4.69) is 10.6 Å². The number of nitrogens with one attached hydrogen (secondary N) is 2. The molecule has 4 N–H and O–H groups in total. The molecule has 3 amide bonds. The molecular weight excluding hydrogens is 356 g/mol. The van der Waals surface area contributed by atoms with E-state index in [-0.39, 0.29) is 4.90 Å². The van der Waals surface area contributed by atoms with E-state index < -0.39 is 28.0 Å². The van der Waals surface area contributed by atoms with E-state index in [1.54, 1.807) is 32.9 Å². The van der Waals surface area contributed by atoms with Gasteiger partial charge in [0.2, 0.25) is 15.9 Å². The lowest BCUT2D eigenvalue weighted by molar-refractivity contribution is -0.118. The van der Waals surface area contributed by atoms with Crippen molar-refractivity contribution in [2.45, 2.75) is 51.5 Å². The second-order valence-corrected chi connectivity index (χ2v) is 7.82. The number of sulfonamides is 1. The molecule has 1 aromatic carbocycles. The van der Waals surface area contributed by atoms with E-state index in [9.17, 15) is 18.0 Å². The number of carbonyl (C=O) groups excluding carboxylic acids is 2. The molecule has 0 aliphatic heterocycles. The summed E-state index contributed by atoms with van der Waals surface area (Å²) in [7, 11) is -3.65. The van der Waals surface area contributed by atoms with E-state index in [0.29, 0.717) is 37.2 Å². The van der Waals surface area contributed by atoms with Crippen LogP contribution < -0.4 is 16.4 Å². The Kier molecular flexibility index (Phi) is 8.04. The third-order valence-electron chi connectivity index (χ3n) is 3.99. The van der Waals surface area contributed by atoms with Crippen molar-refractivity contribution in [3.8, 4) is 0 Å². The molecule has 8 nitrogen and oxygen atoms in total. The summed E-state index contributed by atoms with van der Waals surface area (Å²) in [4.78, 5) is 23.6. The number of nitrogens with two attached hydrogens (primary N) is 1. The quantitative estimate of drug-likeness (QED) is 0.601. The largest absolute Gasteiger partial charge is 0.352 e. The molecule has 0 aliphatic rings. The number of primary amides is 1. The molecule has 9 heteroatoms. The number of carbonyl (C=O) groups is 2. The molecule has 1 aromatic rings. The molecule has 0 radical (unpaired) electrons. The zero-order chi connectivity index (χ0) is 19.9. The summed E-state index contributed by atoms with van der Waals surface area (Å²) >= 11 is 0. The van der Waals surface area contributed by atoms with Gasteiger partial charge in [0, 0.05) is 18.8 Å². The van der Waals surface area contributed by atoms with Crippen molar-refractivity contribution in [1.29, 1.82) is 0 Å². The van der Waals surface area contributed by atoms with E-state index >= 15 is 0 Å². The van der Waals surface area contributed by atoms with Crippen molar-refractivity contribution < 1.29 is 18.0 Å². The number of nitrogens with zero attached hydrogens (tertiary/aromatic N) is 1. The molecule has 0 saturated carbocycles. The fourth-order valence-electron chi connectivity index (χ4n) is 2.62. The van der Waals surface area contributed by atoms with Crippen molar-refractivity contribution in [2.24, 2.45) is 5.73 Å². The average molecular weight is 385 g/mol. The Bertz CT molecular complexity index is 745. The lowest BCUT2D eigenvalue weighted by atomic mass is 10.1. The summed E-state index contributed by atoms with van der Waals surface area (Å²) in [5, 5.41) is 5.05. The van der Waals surface area contributed by atoms with Crippen molar-refractivity contribution in [3.05, 3.63) is 23.8 Å². The molecule has 0 spiro atoms. The van der Waals surface area contributed by atoms with Gasteiger partial charge in [-0.2, -0.15) is 4.31 Å². The van der Waals surface area contributed by atoms with Crippen LogP contribution in [-0.4, -0.2) is 43.8 Å². The van der Waals surface area contributed by atoms with Gasteiger partial charge >= 0.3 is 6.03 Å². The van der Waals surface area contributed by atoms with Gasteiger partial charge < -0.3 is 16.4 Å². The van der Waals surface area contributed by atoms with Crippen molar-refractivity contribution in [2.75, 3.05) is 18.4 Å². The SMILES string of the molecule is CCC[C@@H](NC(N)=O)C(=O)Nc1ccc(C)c(S(=O)(=O)N(CC)CC)c1. The standard InChI is InChI=1S/C17H28N4O4S/c1-5-8-14(20-17(18)23)16(22)19-13-10-9-12(4)15(11-13)26(24,25)21(6-2)7-3/h9-11,14H,5-8H2,1-4H3,(H,19,22)(H3,18,20,23)/t14-/m1/s1. The van der Waals surface area contributed by atoms with Gasteiger partial charge in [0.05, 0.1) is 4.90 Å². The van der Waals surface area contributed by atoms with E-state index in [0.717, 1.165) is 0 Å². The first-order chi connectivity index (χ1) is 12.2. The molecule has 26 heavy (non-hydrogen) atoms. The smallest absolute Gasteiger partial charge is 0.312 e. The van der Waals surface area contributed by atoms with Crippen LogP contribution in [0.25, 0.3) is 0 Å². The third-order valence-corrected chi connectivity index (χ3v) is 6.18. The first kappa shape index (κ1) is 21.9. The highest BCUT2D eigenvalue weighted by molar-refractivity contribution is 7.89. The molecule has 0 bridgehead atoms. The van der Waals surface area contributed by atoms with Gasteiger partial charge in [-0.15, -0.1) is 0 Å². The van der Waals surface area contributed by atoms with Gasteiger partial charge in [0.1, 0.15) is 6.04 Å². The lowest BCUT2D eigenvalue weighted by Crippen LogP contribution is -2.46. The molecular formula is C17H28N4O4S. The second kappa shape index (κ2) is 9.54. The number of hydrogen-bond donors (Lipinski definition) is 3. The Morgan fingerprint density at radius 1 is 1.19 bits per heavy atom. The van der Waals surface area contributed by atoms with Gasteiger partial charge in [-0.1, -0.05) is 33.3 Å². The third kappa shape index (κ3) is 5.43. The van der Waals surface area contributed by atoms with Gasteiger partial charge in [0.25, 0.3) is 0 Å². The summed E-state index contributed by atoms with van der Waals surface area (Å²) in [5.41, 5.74) is 6.04. The predicted molar refractivity (Wildman–Crippen MR) is 101 cm³/mol. The van der Waals surface area contributed by atoms with Gasteiger partial charge in [-0.05, 0) is 31.0 Å². The van der Waals surface area contributed by atoms with Crippen LogP contribution in [0.15, 0.2) is 23.1 Å². The molecule has 0 aliphatic carbocycles. The molecule has 0 saturated heterocycles. The van der Waals surface area contributed by atoms with Crippen LogP contribution in [0.3, 0.4) is 0 Å². The molecule has 0 heterocycles. The number of benzene rings is 1. The highest BCUT2D eigenvalue weighted by atomic mass is 32.2. The normalized spacial score (nSPS) is 12.7. The summed E-state index contributed by atoms with van der Waals surface area (Å²) in [6, 6.07) is 3.15.